The number of aliphatic imine (C=N–C) groups is 1. The molecule has 0 aliphatic rings. The molecule has 2 nitrogen and oxygen atoms in total. The van der Waals surface area contributed by atoms with E-state index >= 15 is 0 Å². The van der Waals surface area contributed by atoms with E-state index in [0.717, 1.165) is 5.49 Å². The molecule has 3 heteroatoms. The van der Waals surface area contributed by atoms with Gasteiger partial charge in [0.25, 0.3) is 0 Å². The number of rotatable bonds is 1. The fourth-order valence-corrected chi connectivity index (χ4v) is 0.0913. The van der Waals surface area contributed by atoms with Crippen molar-refractivity contribution in [3.63, 3.8) is 0 Å². The summed E-state index contributed by atoms with van der Waals surface area (Å²) < 4.78 is 9.26. The molecule has 0 rings (SSSR count). The zero-order valence-corrected chi connectivity index (χ0v) is 3.36. The van der Waals surface area contributed by atoms with Crippen molar-refractivity contribution in [1.82, 2.24) is 0 Å². The third-order valence-electron chi connectivity index (χ3n) is 0.118. The fraction of sp³-hybridized carbons (Fsp3) is 0. The number of hydrogen-bond donors (Lipinski definition) is 0. The number of hydrogen-bond acceptors (Lipinski definition) is 1. The maximum Gasteiger partial charge on any atom is 0.119 e. The smallest absolute Gasteiger partial charge is 0.119 e. The van der Waals surface area contributed by atoms with Gasteiger partial charge in [-0.05, 0) is 6.72 Å². The molecule has 0 unspecified atom stereocenters. The van der Waals surface area contributed by atoms with Crippen LogP contribution in [0.15, 0.2) is 4.99 Å². The van der Waals surface area contributed by atoms with Crippen molar-refractivity contribution in [2.75, 3.05) is 0 Å². The third-order valence-corrected chi connectivity index (χ3v) is 0.353. The van der Waals surface area contributed by atoms with Gasteiger partial charge < -0.3 is 0 Å². The highest BCUT2D eigenvalue weighted by Gasteiger charge is 1.40. The molecule has 0 radical (unpaired) electrons. The molecule has 0 saturated heterocycles. The molecule has 0 aliphatic carbocycles. The van der Waals surface area contributed by atoms with Crippen molar-refractivity contribution >= 4 is 23.5 Å². The lowest BCUT2D eigenvalue weighted by Gasteiger charge is -1.46. The summed E-state index contributed by atoms with van der Waals surface area (Å²) in [4.78, 5) is 3.13. The highest BCUT2D eigenvalue weighted by Crippen LogP contribution is 1.35. The van der Waals surface area contributed by atoms with Gasteiger partial charge in [0.2, 0.25) is 0 Å². The SMILES string of the molecule is C=NC=S=O. The molecule has 0 N–H and O–H groups in total. The van der Waals surface area contributed by atoms with Crippen LogP contribution in [0, 0.1) is 0 Å². The van der Waals surface area contributed by atoms with E-state index in [1.165, 1.54) is 0 Å². The summed E-state index contributed by atoms with van der Waals surface area (Å²) in [5.74, 6) is 0. The van der Waals surface area contributed by atoms with Crippen molar-refractivity contribution in [3.8, 4) is 0 Å². The molecular formula is C2H3NOS. The first kappa shape index (κ1) is 4.56. The van der Waals surface area contributed by atoms with Gasteiger partial charge in [0, 0.05) is 0 Å². The van der Waals surface area contributed by atoms with E-state index in [1.54, 1.807) is 0 Å². The molecule has 0 bridgehead atoms. The van der Waals surface area contributed by atoms with E-state index in [-0.39, 0.29) is 0 Å². The maximum atomic E-state index is 9.26. The predicted octanol–water partition coefficient (Wildman–Crippen LogP) is -0.340. The molecule has 0 saturated carbocycles. The second-order valence-corrected chi connectivity index (χ2v) is 0.787. The van der Waals surface area contributed by atoms with Crippen molar-refractivity contribution in [2.45, 2.75) is 0 Å². The molecular weight excluding hydrogens is 86.1 g/mol. The molecule has 0 aliphatic heterocycles. The van der Waals surface area contributed by atoms with E-state index in [1.807, 2.05) is 0 Å². The van der Waals surface area contributed by atoms with Crippen molar-refractivity contribution in [3.05, 3.63) is 0 Å². The first-order valence-corrected chi connectivity index (χ1v) is 1.78. The molecule has 0 atom stereocenters. The van der Waals surface area contributed by atoms with Gasteiger partial charge in [-0.25, -0.2) is 4.21 Å². The van der Waals surface area contributed by atoms with E-state index in [4.69, 9.17) is 0 Å². The Bertz CT molecular complexity index is 73.7. The summed E-state index contributed by atoms with van der Waals surface area (Å²) in [5, 5.41) is 0. The molecule has 5 heavy (non-hydrogen) atoms. The van der Waals surface area contributed by atoms with Gasteiger partial charge in [-0.1, -0.05) is 0 Å². The van der Waals surface area contributed by atoms with Gasteiger partial charge >= 0.3 is 0 Å². The van der Waals surface area contributed by atoms with E-state index in [9.17, 15) is 4.21 Å². The summed E-state index contributed by atoms with van der Waals surface area (Å²) >= 11 is 0.297. The molecule has 0 spiro atoms. The van der Waals surface area contributed by atoms with Crippen LogP contribution in [0.25, 0.3) is 0 Å². The largest absolute Gasteiger partial charge is 0.258 e. The van der Waals surface area contributed by atoms with Gasteiger partial charge in [-0.2, -0.15) is 0 Å². The van der Waals surface area contributed by atoms with Crippen LogP contribution in [0.2, 0.25) is 0 Å². The third kappa shape index (κ3) is 3.56. The minimum Gasteiger partial charge on any atom is -0.258 e. The lowest BCUT2D eigenvalue weighted by Crippen LogP contribution is -1.51. The quantitative estimate of drug-likeness (QED) is 0.319. The van der Waals surface area contributed by atoms with E-state index < -0.39 is 0 Å². The monoisotopic (exact) mass is 89.0 g/mol. The van der Waals surface area contributed by atoms with Crippen molar-refractivity contribution in [2.24, 2.45) is 4.99 Å². The molecule has 0 aromatic rings. The average molecular weight is 89.1 g/mol. The van der Waals surface area contributed by atoms with Crippen LogP contribution in [0.4, 0.5) is 0 Å². The van der Waals surface area contributed by atoms with E-state index in [2.05, 4.69) is 11.7 Å². The van der Waals surface area contributed by atoms with Crippen molar-refractivity contribution in [1.29, 1.82) is 0 Å². The average Bonchev–Trinajstić information content (AvgIpc) is 1.41. The Morgan fingerprint density at radius 2 is 2.60 bits per heavy atom. The predicted molar refractivity (Wildman–Crippen MR) is 23.8 cm³/mol. The summed E-state index contributed by atoms with van der Waals surface area (Å²) in [5.41, 5.74) is 1.12. The normalized spacial score (nSPS) is 5.60. The lowest BCUT2D eigenvalue weighted by molar-refractivity contribution is 0.701. The summed E-state index contributed by atoms with van der Waals surface area (Å²) in [7, 11) is 0. The summed E-state index contributed by atoms with van der Waals surface area (Å²) in [6, 6.07) is 0. The molecule has 0 amide bonds. The van der Waals surface area contributed by atoms with Crippen LogP contribution in [0.5, 0.6) is 0 Å². The standard InChI is InChI=1S/C2H3NOS/c1-3-2-5-4/h2H,1H2. The van der Waals surface area contributed by atoms with Crippen LogP contribution in [-0.2, 0) is 11.3 Å². The van der Waals surface area contributed by atoms with Gasteiger partial charge in [0.1, 0.15) is 16.7 Å². The van der Waals surface area contributed by atoms with Gasteiger partial charge in [0.15, 0.2) is 0 Å². The number of nitrogens with zero attached hydrogens (tertiary/aromatic N) is 1. The summed E-state index contributed by atoms with van der Waals surface area (Å²) in [6.07, 6.45) is 0. The Hall–Kier alpha value is -0.440. The molecule has 0 heterocycles. The maximum absolute atomic E-state index is 9.26. The Morgan fingerprint density at radius 1 is 2.00 bits per heavy atom. The Balaban J connectivity index is 3.31. The lowest BCUT2D eigenvalue weighted by atomic mass is 11.4. The van der Waals surface area contributed by atoms with Gasteiger partial charge in [-0.15, -0.1) is 0 Å². The Labute approximate surface area is 33.6 Å². The second-order valence-electron chi connectivity index (χ2n) is 0.384. The highest BCUT2D eigenvalue weighted by molar-refractivity contribution is 7.64. The first-order valence-electron chi connectivity index (χ1n) is 0.977. The minimum atomic E-state index is 0.297. The van der Waals surface area contributed by atoms with Gasteiger partial charge in [0.05, 0.1) is 0 Å². The van der Waals surface area contributed by atoms with Gasteiger partial charge in [-0.3, -0.25) is 4.99 Å². The summed E-state index contributed by atoms with van der Waals surface area (Å²) in [6.45, 7) is 3.02. The van der Waals surface area contributed by atoms with Crippen LogP contribution in [-0.4, -0.2) is 16.4 Å². The van der Waals surface area contributed by atoms with Crippen molar-refractivity contribution < 1.29 is 4.21 Å². The fourth-order valence-electron chi connectivity index (χ4n) is 0.0304. The topological polar surface area (TPSA) is 29.4 Å². The van der Waals surface area contributed by atoms with Crippen LogP contribution in [0.3, 0.4) is 0 Å². The van der Waals surface area contributed by atoms with Crippen LogP contribution < -0.4 is 0 Å². The van der Waals surface area contributed by atoms with E-state index in [0.29, 0.717) is 11.3 Å². The molecule has 0 aromatic heterocycles. The Morgan fingerprint density at radius 3 is 2.60 bits per heavy atom. The minimum absolute atomic E-state index is 0.297. The molecule has 0 aromatic carbocycles. The zero-order valence-electron chi connectivity index (χ0n) is 2.55. The van der Waals surface area contributed by atoms with Crippen LogP contribution in [0.1, 0.15) is 0 Å². The molecule has 28 valence electrons. The first-order chi connectivity index (χ1) is 2.41. The van der Waals surface area contributed by atoms with Crippen LogP contribution >= 0.6 is 0 Å². The Kier molecular flexibility index (Phi) is 3.25. The zero-order chi connectivity index (χ0) is 4.12. The second kappa shape index (κ2) is 3.56. The molecule has 0 fully saturated rings. The highest BCUT2D eigenvalue weighted by atomic mass is 32.1.